The molecule has 0 radical (unpaired) electrons. The second-order valence-electron chi connectivity index (χ2n) is 4.06. The molecule has 0 saturated heterocycles. The Hall–Kier alpha value is -2.04. The minimum Gasteiger partial charge on any atom is -0.478 e. The van der Waals surface area contributed by atoms with Crippen LogP contribution in [0.5, 0.6) is 0 Å². The van der Waals surface area contributed by atoms with E-state index in [0.29, 0.717) is 14.9 Å². The van der Waals surface area contributed by atoms with Crippen LogP contribution < -0.4 is 0 Å². The quantitative estimate of drug-likeness (QED) is 0.900. The predicted octanol–water partition coefficient (Wildman–Crippen LogP) is 2.72. The van der Waals surface area contributed by atoms with Gasteiger partial charge < -0.3 is 5.11 Å². The Bertz CT molecular complexity index is 771. The van der Waals surface area contributed by atoms with Crippen LogP contribution in [-0.2, 0) is 16.6 Å². The standard InChI is InChI=1S/C14H9BrN2O3S/c15-12-4-3-10(6-11(12)14(18)19)21(20)8-9-2-1-5-17-13(9)7-16/h1-6H,8H2,(H,18,19). The summed E-state index contributed by atoms with van der Waals surface area (Å²) in [6.45, 7) is 0. The first kappa shape index (κ1) is 15.4. The van der Waals surface area contributed by atoms with Crippen LogP contribution in [0.2, 0.25) is 0 Å². The molecule has 2 rings (SSSR count). The van der Waals surface area contributed by atoms with Crippen LogP contribution in [0.25, 0.3) is 0 Å². The van der Waals surface area contributed by atoms with Crippen molar-refractivity contribution in [2.75, 3.05) is 0 Å². The van der Waals surface area contributed by atoms with Gasteiger partial charge >= 0.3 is 5.97 Å². The summed E-state index contributed by atoms with van der Waals surface area (Å²) in [5.74, 6) is -0.989. The summed E-state index contributed by atoms with van der Waals surface area (Å²) < 4.78 is 12.8. The highest BCUT2D eigenvalue weighted by Gasteiger charge is 2.14. The van der Waals surface area contributed by atoms with Crippen LogP contribution in [0.15, 0.2) is 45.9 Å². The number of aromatic carboxylic acids is 1. The summed E-state index contributed by atoms with van der Waals surface area (Å²) in [6.07, 6.45) is 1.49. The molecule has 0 bridgehead atoms. The lowest BCUT2D eigenvalue weighted by Crippen LogP contribution is -2.03. The third kappa shape index (κ3) is 3.54. The molecule has 0 amide bonds. The number of hydrogen-bond donors (Lipinski definition) is 1. The van der Waals surface area contributed by atoms with Gasteiger partial charge in [0, 0.05) is 21.1 Å². The number of halogens is 1. The fourth-order valence-corrected chi connectivity index (χ4v) is 3.26. The maximum Gasteiger partial charge on any atom is 0.336 e. The Labute approximate surface area is 131 Å². The van der Waals surface area contributed by atoms with Gasteiger partial charge in [0.05, 0.1) is 22.1 Å². The lowest BCUT2D eigenvalue weighted by molar-refractivity contribution is 0.0695. The van der Waals surface area contributed by atoms with E-state index in [2.05, 4.69) is 20.9 Å². The highest BCUT2D eigenvalue weighted by atomic mass is 79.9. The molecule has 0 aliphatic carbocycles. The Morgan fingerprint density at radius 3 is 2.86 bits per heavy atom. The van der Waals surface area contributed by atoms with E-state index in [4.69, 9.17) is 10.4 Å². The maximum absolute atomic E-state index is 12.3. The number of nitriles is 1. The topological polar surface area (TPSA) is 91.0 Å². The Morgan fingerprint density at radius 2 is 2.19 bits per heavy atom. The fourth-order valence-electron chi connectivity index (χ4n) is 1.69. The molecule has 1 unspecified atom stereocenters. The molecule has 0 aliphatic rings. The SMILES string of the molecule is N#Cc1ncccc1CS(=O)c1ccc(Br)c(C(=O)O)c1. The second-order valence-corrected chi connectivity index (χ2v) is 6.37. The van der Waals surface area contributed by atoms with Gasteiger partial charge in [0.25, 0.3) is 0 Å². The molecule has 106 valence electrons. The number of carbonyl (C=O) groups is 1. The average Bonchev–Trinajstić information content (AvgIpc) is 2.47. The maximum atomic E-state index is 12.3. The normalized spacial score (nSPS) is 11.6. The first-order valence-electron chi connectivity index (χ1n) is 5.78. The molecule has 1 aromatic carbocycles. The van der Waals surface area contributed by atoms with Crippen molar-refractivity contribution in [1.29, 1.82) is 5.26 Å². The van der Waals surface area contributed by atoms with Crippen LogP contribution >= 0.6 is 15.9 Å². The van der Waals surface area contributed by atoms with E-state index in [1.807, 2.05) is 6.07 Å². The average molecular weight is 365 g/mol. The molecule has 2 aromatic rings. The third-order valence-electron chi connectivity index (χ3n) is 2.71. The summed E-state index contributed by atoms with van der Waals surface area (Å²) in [6, 6.07) is 9.79. The van der Waals surface area contributed by atoms with Crippen molar-refractivity contribution in [3.8, 4) is 6.07 Å². The van der Waals surface area contributed by atoms with E-state index < -0.39 is 16.8 Å². The molecule has 1 heterocycles. The highest BCUT2D eigenvalue weighted by molar-refractivity contribution is 9.10. The summed E-state index contributed by atoms with van der Waals surface area (Å²) in [5, 5.41) is 18.0. The molecule has 0 saturated carbocycles. The zero-order valence-electron chi connectivity index (χ0n) is 10.6. The lowest BCUT2D eigenvalue weighted by atomic mass is 10.2. The molecule has 1 N–H and O–H groups in total. The number of nitrogens with zero attached hydrogens (tertiary/aromatic N) is 2. The zero-order chi connectivity index (χ0) is 15.4. The number of carboxylic acids is 1. The second kappa shape index (κ2) is 6.61. The van der Waals surface area contributed by atoms with Crippen molar-refractivity contribution in [2.24, 2.45) is 0 Å². The Kier molecular flexibility index (Phi) is 4.83. The highest BCUT2D eigenvalue weighted by Crippen LogP contribution is 2.22. The van der Waals surface area contributed by atoms with Gasteiger partial charge in [-0.05, 0) is 40.2 Å². The van der Waals surface area contributed by atoms with Gasteiger partial charge in [-0.15, -0.1) is 0 Å². The van der Waals surface area contributed by atoms with Crippen molar-refractivity contribution in [1.82, 2.24) is 4.98 Å². The summed E-state index contributed by atoms with van der Waals surface area (Å²) in [4.78, 5) is 15.4. The van der Waals surface area contributed by atoms with E-state index in [9.17, 15) is 9.00 Å². The summed E-state index contributed by atoms with van der Waals surface area (Å²) in [5.41, 5.74) is 0.840. The number of carboxylic acid groups (broad SMARTS) is 1. The van der Waals surface area contributed by atoms with E-state index >= 15 is 0 Å². The monoisotopic (exact) mass is 364 g/mol. The third-order valence-corrected chi connectivity index (χ3v) is 4.76. The van der Waals surface area contributed by atoms with E-state index in [-0.39, 0.29) is 17.0 Å². The molecule has 5 nitrogen and oxygen atoms in total. The fraction of sp³-hybridized carbons (Fsp3) is 0.0714. The lowest BCUT2D eigenvalue weighted by Gasteiger charge is -2.06. The molecule has 7 heteroatoms. The number of benzene rings is 1. The Morgan fingerprint density at radius 1 is 1.43 bits per heavy atom. The molecule has 0 aliphatic heterocycles. The van der Waals surface area contributed by atoms with E-state index in [1.165, 1.54) is 12.3 Å². The van der Waals surface area contributed by atoms with Gasteiger partial charge in [-0.25, -0.2) is 9.78 Å². The van der Waals surface area contributed by atoms with Crippen molar-refractivity contribution in [3.63, 3.8) is 0 Å². The van der Waals surface area contributed by atoms with E-state index in [0.717, 1.165) is 0 Å². The number of rotatable bonds is 4. The van der Waals surface area contributed by atoms with Crippen LogP contribution in [-0.4, -0.2) is 20.3 Å². The number of aromatic nitrogens is 1. The van der Waals surface area contributed by atoms with Crippen LogP contribution in [0.4, 0.5) is 0 Å². The molecular formula is C14H9BrN2O3S. The molecule has 1 atom stereocenters. The van der Waals surface area contributed by atoms with Gasteiger partial charge in [0.1, 0.15) is 11.8 Å². The number of pyridine rings is 1. The molecule has 21 heavy (non-hydrogen) atoms. The van der Waals surface area contributed by atoms with Gasteiger partial charge in [-0.2, -0.15) is 5.26 Å². The van der Waals surface area contributed by atoms with Gasteiger partial charge in [0.2, 0.25) is 0 Å². The van der Waals surface area contributed by atoms with Gasteiger partial charge in [0.15, 0.2) is 0 Å². The zero-order valence-corrected chi connectivity index (χ0v) is 13.0. The molecular weight excluding hydrogens is 356 g/mol. The molecule has 0 spiro atoms. The first-order valence-corrected chi connectivity index (χ1v) is 7.89. The van der Waals surface area contributed by atoms with Crippen LogP contribution in [0.3, 0.4) is 0 Å². The predicted molar refractivity (Wildman–Crippen MR) is 80.2 cm³/mol. The van der Waals surface area contributed by atoms with Crippen molar-refractivity contribution >= 4 is 32.7 Å². The minimum absolute atomic E-state index is 0.0487. The van der Waals surface area contributed by atoms with E-state index in [1.54, 1.807) is 24.3 Å². The molecule has 1 aromatic heterocycles. The minimum atomic E-state index is -1.46. The van der Waals surface area contributed by atoms with Crippen molar-refractivity contribution in [2.45, 2.75) is 10.6 Å². The smallest absolute Gasteiger partial charge is 0.336 e. The van der Waals surface area contributed by atoms with Gasteiger partial charge in [-0.1, -0.05) is 6.07 Å². The Balaban J connectivity index is 2.31. The van der Waals surface area contributed by atoms with Crippen molar-refractivity contribution in [3.05, 3.63) is 57.8 Å². The summed E-state index contributed by atoms with van der Waals surface area (Å²) >= 11 is 3.14. The first-order chi connectivity index (χ1) is 10.0. The largest absolute Gasteiger partial charge is 0.478 e. The van der Waals surface area contributed by atoms with Gasteiger partial charge in [-0.3, -0.25) is 4.21 Å². The molecule has 0 fully saturated rings. The van der Waals surface area contributed by atoms with Crippen LogP contribution in [0, 0.1) is 11.3 Å². The summed E-state index contributed by atoms with van der Waals surface area (Å²) in [7, 11) is -1.46. The number of hydrogen-bond acceptors (Lipinski definition) is 4. The van der Waals surface area contributed by atoms with Crippen LogP contribution in [0.1, 0.15) is 21.6 Å². The van der Waals surface area contributed by atoms with Crippen molar-refractivity contribution < 1.29 is 14.1 Å².